The zero-order valence-electron chi connectivity index (χ0n) is 9.85. The van der Waals surface area contributed by atoms with Gasteiger partial charge in [-0.15, -0.1) is 0 Å². The van der Waals surface area contributed by atoms with Gasteiger partial charge in [0.05, 0.1) is 5.02 Å². The molecule has 0 aromatic carbocycles. The van der Waals surface area contributed by atoms with E-state index < -0.39 is 0 Å². The zero-order chi connectivity index (χ0) is 11.8. The Kier molecular flexibility index (Phi) is 2.97. The van der Waals surface area contributed by atoms with Crippen LogP contribution in [0.1, 0.15) is 19.3 Å². The molecule has 1 aromatic heterocycles. The molecule has 0 radical (unpaired) electrons. The van der Waals surface area contributed by atoms with Gasteiger partial charge in [-0.05, 0) is 36.8 Å². The van der Waals surface area contributed by atoms with E-state index in [0.29, 0.717) is 12.0 Å². The average molecular weight is 252 g/mol. The van der Waals surface area contributed by atoms with Gasteiger partial charge in [-0.3, -0.25) is 0 Å². The van der Waals surface area contributed by atoms with Gasteiger partial charge in [0.1, 0.15) is 5.82 Å². The van der Waals surface area contributed by atoms with E-state index in [1.165, 1.54) is 19.3 Å². The predicted octanol–water partition coefficient (Wildman–Crippen LogP) is 2.30. The molecule has 1 aromatic rings. The Hall–Kier alpha value is -0.800. The SMILES string of the molecule is NC1CCCC2CN(c3ncccc3Cl)CC12. The van der Waals surface area contributed by atoms with Crippen molar-refractivity contribution in [3.05, 3.63) is 23.4 Å². The van der Waals surface area contributed by atoms with Crippen LogP contribution in [0.25, 0.3) is 0 Å². The number of hydrogen-bond acceptors (Lipinski definition) is 3. The van der Waals surface area contributed by atoms with Gasteiger partial charge in [0.15, 0.2) is 0 Å². The van der Waals surface area contributed by atoms with Gasteiger partial charge in [-0.1, -0.05) is 18.0 Å². The van der Waals surface area contributed by atoms with Crippen LogP contribution < -0.4 is 10.6 Å². The summed E-state index contributed by atoms with van der Waals surface area (Å²) in [5.41, 5.74) is 6.22. The van der Waals surface area contributed by atoms with Crippen LogP contribution in [0, 0.1) is 11.8 Å². The summed E-state index contributed by atoms with van der Waals surface area (Å²) < 4.78 is 0. The summed E-state index contributed by atoms with van der Waals surface area (Å²) in [4.78, 5) is 6.70. The van der Waals surface area contributed by atoms with Gasteiger partial charge in [-0.25, -0.2) is 4.98 Å². The molecule has 2 heterocycles. The van der Waals surface area contributed by atoms with Crippen molar-refractivity contribution < 1.29 is 0 Å². The number of nitrogens with two attached hydrogens (primary N) is 1. The molecule has 1 aliphatic carbocycles. The third kappa shape index (κ3) is 2.02. The Morgan fingerprint density at radius 2 is 2.24 bits per heavy atom. The first kappa shape index (κ1) is 11.3. The van der Waals surface area contributed by atoms with Gasteiger partial charge in [0.25, 0.3) is 0 Å². The summed E-state index contributed by atoms with van der Waals surface area (Å²) in [5.74, 6) is 2.29. The van der Waals surface area contributed by atoms with E-state index in [1.54, 1.807) is 0 Å². The van der Waals surface area contributed by atoms with Crippen molar-refractivity contribution in [1.82, 2.24) is 4.98 Å². The number of rotatable bonds is 1. The highest BCUT2D eigenvalue weighted by Gasteiger charge is 2.39. The lowest BCUT2D eigenvalue weighted by atomic mass is 9.78. The normalized spacial score (nSPS) is 32.6. The fourth-order valence-corrected chi connectivity index (χ4v) is 3.54. The van der Waals surface area contributed by atoms with Gasteiger partial charge in [-0.2, -0.15) is 0 Å². The average Bonchev–Trinajstić information content (AvgIpc) is 2.75. The van der Waals surface area contributed by atoms with Gasteiger partial charge < -0.3 is 10.6 Å². The molecule has 3 nitrogen and oxygen atoms in total. The topological polar surface area (TPSA) is 42.1 Å². The lowest BCUT2D eigenvalue weighted by Gasteiger charge is -2.29. The smallest absolute Gasteiger partial charge is 0.147 e. The van der Waals surface area contributed by atoms with E-state index in [1.807, 2.05) is 18.3 Å². The minimum Gasteiger partial charge on any atom is -0.355 e. The molecule has 2 N–H and O–H groups in total. The van der Waals surface area contributed by atoms with Crippen LogP contribution in [0.5, 0.6) is 0 Å². The minimum absolute atomic E-state index is 0.362. The Morgan fingerprint density at radius 1 is 1.35 bits per heavy atom. The highest BCUT2D eigenvalue weighted by Crippen LogP contribution is 2.38. The Labute approximate surface area is 107 Å². The molecule has 92 valence electrons. The molecule has 2 aliphatic rings. The first-order valence-corrected chi connectivity index (χ1v) is 6.74. The number of hydrogen-bond donors (Lipinski definition) is 1. The van der Waals surface area contributed by atoms with Crippen molar-refractivity contribution >= 4 is 17.4 Å². The van der Waals surface area contributed by atoms with Crippen molar-refractivity contribution in [2.75, 3.05) is 18.0 Å². The van der Waals surface area contributed by atoms with Crippen LogP contribution in [-0.2, 0) is 0 Å². The molecule has 3 rings (SSSR count). The summed E-state index contributed by atoms with van der Waals surface area (Å²) in [5, 5.41) is 0.750. The number of pyridine rings is 1. The maximum atomic E-state index is 6.22. The summed E-state index contributed by atoms with van der Waals surface area (Å²) >= 11 is 6.20. The molecule has 0 amide bonds. The molecule has 1 saturated heterocycles. The van der Waals surface area contributed by atoms with E-state index in [2.05, 4.69) is 9.88 Å². The molecule has 3 atom stereocenters. The van der Waals surface area contributed by atoms with Crippen molar-refractivity contribution in [2.24, 2.45) is 17.6 Å². The molecule has 17 heavy (non-hydrogen) atoms. The van der Waals surface area contributed by atoms with Crippen LogP contribution in [0.4, 0.5) is 5.82 Å². The Balaban J connectivity index is 1.81. The first-order chi connectivity index (χ1) is 8.25. The van der Waals surface area contributed by atoms with Crippen LogP contribution in [-0.4, -0.2) is 24.1 Å². The molecule has 4 heteroatoms. The molecule has 3 unspecified atom stereocenters. The van der Waals surface area contributed by atoms with Crippen LogP contribution in [0.3, 0.4) is 0 Å². The van der Waals surface area contributed by atoms with E-state index >= 15 is 0 Å². The molecule has 1 aliphatic heterocycles. The monoisotopic (exact) mass is 251 g/mol. The summed E-state index contributed by atoms with van der Waals surface area (Å²) in [7, 11) is 0. The largest absolute Gasteiger partial charge is 0.355 e. The fourth-order valence-electron chi connectivity index (χ4n) is 3.30. The van der Waals surface area contributed by atoms with E-state index in [9.17, 15) is 0 Å². The van der Waals surface area contributed by atoms with E-state index in [0.717, 1.165) is 29.8 Å². The molecule has 0 bridgehead atoms. The third-order valence-electron chi connectivity index (χ3n) is 4.19. The predicted molar refractivity (Wildman–Crippen MR) is 70.3 cm³/mol. The fraction of sp³-hybridized carbons (Fsp3) is 0.615. The molecule has 1 saturated carbocycles. The summed E-state index contributed by atoms with van der Waals surface area (Å²) in [6.07, 6.45) is 5.56. The second-order valence-corrected chi connectivity index (χ2v) is 5.64. The summed E-state index contributed by atoms with van der Waals surface area (Å²) in [6.45, 7) is 2.08. The zero-order valence-corrected chi connectivity index (χ0v) is 10.6. The van der Waals surface area contributed by atoms with Crippen LogP contribution in [0.2, 0.25) is 5.02 Å². The highest BCUT2D eigenvalue weighted by atomic mass is 35.5. The molecule has 2 fully saturated rings. The lowest BCUT2D eigenvalue weighted by molar-refractivity contribution is 0.260. The van der Waals surface area contributed by atoms with Crippen LogP contribution >= 0.6 is 11.6 Å². The van der Waals surface area contributed by atoms with Crippen molar-refractivity contribution in [3.8, 4) is 0 Å². The second-order valence-electron chi connectivity index (χ2n) is 5.23. The quantitative estimate of drug-likeness (QED) is 0.833. The lowest BCUT2D eigenvalue weighted by Crippen LogP contribution is -2.38. The Morgan fingerprint density at radius 3 is 3.00 bits per heavy atom. The van der Waals surface area contributed by atoms with Crippen molar-refractivity contribution in [1.29, 1.82) is 0 Å². The van der Waals surface area contributed by atoms with Crippen molar-refractivity contribution in [2.45, 2.75) is 25.3 Å². The van der Waals surface area contributed by atoms with Gasteiger partial charge in [0.2, 0.25) is 0 Å². The van der Waals surface area contributed by atoms with E-state index in [4.69, 9.17) is 17.3 Å². The number of fused-ring (bicyclic) bond motifs is 1. The maximum Gasteiger partial charge on any atom is 0.147 e. The summed E-state index contributed by atoms with van der Waals surface area (Å²) in [6, 6.07) is 4.15. The first-order valence-electron chi connectivity index (χ1n) is 6.37. The van der Waals surface area contributed by atoms with Crippen LogP contribution in [0.15, 0.2) is 18.3 Å². The number of halogens is 1. The highest BCUT2D eigenvalue weighted by molar-refractivity contribution is 6.32. The minimum atomic E-state index is 0.362. The molecular formula is C13H18ClN3. The standard InChI is InChI=1S/C13H18ClN3/c14-11-4-2-6-16-13(11)17-7-9-3-1-5-12(15)10(9)8-17/h2,4,6,9-10,12H,1,3,5,7-8,15H2. The molecule has 0 spiro atoms. The second kappa shape index (κ2) is 4.46. The van der Waals surface area contributed by atoms with Gasteiger partial charge in [0, 0.05) is 25.3 Å². The number of nitrogens with zero attached hydrogens (tertiary/aromatic N) is 2. The number of anilines is 1. The molecular weight excluding hydrogens is 234 g/mol. The van der Waals surface area contributed by atoms with Crippen molar-refractivity contribution in [3.63, 3.8) is 0 Å². The van der Waals surface area contributed by atoms with E-state index in [-0.39, 0.29) is 0 Å². The third-order valence-corrected chi connectivity index (χ3v) is 4.49. The van der Waals surface area contributed by atoms with Gasteiger partial charge >= 0.3 is 0 Å². The number of aromatic nitrogens is 1. The Bertz CT molecular complexity index is 409. The maximum absolute atomic E-state index is 6.22.